The average Bonchev–Trinajstić information content (AvgIpc) is 2.67. The topological polar surface area (TPSA) is 32.3 Å². The summed E-state index contributed by atoms with van der Waals surface area (Å²) in [6.07, 6.45) is 6.10. The highest BCUT2D eigenvalue weighted by Gasteiger charge is 2.36. The third-order valence-corrected chi connectivity index (χ3v) is 3.92. The monoisotopic (exact) mass is 283 g/mol. The standard InChI is InChI=1S/C13H17NO.BrH/c15-12-3-2-11-9-13(5-1-7-14-13)6-4-10(11)8-12;/h2-3,8,14-15H,1,4-7,9H2;1H. The summed E-state index contributed by atoms with van der Waals surface area (Å²) in [5.74, 6) is 0.407. The predicted molar refractivity (Wildman–Crippen MR) is 70.4 cm³/mol. The maximum Gasteiger partial charge on any atom is 0.115 e. The second-order valence-electron chi connectivity index (χ2n) is 4.94. The van der Waals surface area contributed by atoms with Crippen LogP contribution in [-0.4, -0.2) is 17.2 Å². The van der Waals surface area contributed by atoms with Crippen LogP contribution in [-0.2, 0) is 12.8 Å². The third-order valence-electron chi connectivity index (χ3n) is 3.92. The normalized spacial score (nSPS) is 27.5. The Balaban J connectivity index is 0.000000963. The lowest BCUT2D eigenvalue weighted by Crippen LogP contribution is -2.44. The molecule has 0 saturated carbocycles. The van der Waals surface area contributed by atoms with Crippen LogP contribution in [0.5, 0.6) is 5.75 Å². The molecule has 2 nitrogen and oxygen atoms in total. The molecule has 1 heterocycles. The van der Waals surface area contributed by atoms with Crippen molar-refractivity contribution in [1.29, 1.82) is 0 Å². The highest BCUT2D eigenvalue weighted by atomic mass is 79.9. The van der Waals surface area contributed by atoms with Gasteiger partial charge in [-0.3, -0.25) is 0 Å². The van der Waals surface area contributed by atoms with Gasteiger partial charge in [-0.25, -0.2) is 0 Å². The smallest absolute Gasteiger partial charge is 0.115 e. The highest BCUT2D eigenvalue weighted by molar-refractivity contribution is 8.93. The van der Waals surface area contributed by atoms with Crippen LogP contribution in [0.25, 0.3) is 0 Å². The number of halogens is 1. The van der Waals surface area contributed by atoms with E-state index in [0.717, 1.165) is 12.8 Å². The molecule has 1 unspecified atom stereocenters. The highest BCUT2D eigenvalue weighted by Crippen LogP contribution is 2.35. The van der Waals surface area contributed by atoms with Crippen molar-refractivity contribution < 1.29 is 5.11 Å². The maximum absolute atomic E-state index is 9.43. The van der Waals surface area contributed by atoms with E-state index < -0.39 is 0 Å². The van der Waals surface area contributed by atoms with Crippen molar-refractivity contribution in [3.63, 3.8) is 0 Å². The molecule has 0 amide bonds. The summed E-state index contributed by atoms with van der Waals surface area (Å²) >= 11 is 0. The molecule has 88 valence electrons. The second kappa shape index (κ2) is 4.38. The first-order valence-corrected chi connectivity index (χ1v) is 5.83. The van der Waals surface area contributed by atoms with Crippen LogP contribution < -0.4 is 5.32 Å². The van der Waals surface area contributed by atoms with Gasteiger partial charge in [0.1, 0.15) is 5.75 Å². The Morgan fingerprint density at radius 3 is 2.81 bits per heavy atom. The fourth-order valence-corrected chi connectivity index (χ4v) is 3.08. The fourth-order valence-electron chi connectivity index (χ4n) is 3.08. The molecule has 3 heteroatoms. The van der Waals surface area contributed by atoms with Crippen LogP contribution in [0.4, 0.5) is 0 Å². The molecule has 1 aliphatic carbocycles. The van der Waals surface area contributed by atoms with Crippen molar-refractivity contribution in [2.45, 2.75) is 37.6 Å². The van der Waals surface area contributed by atoms with E-state index >= 15 is 0 Å². The first-order valence-electron chi connectivity index (χ1n) is 5.83. The van der Waals surface area contributed by atoms with Gasteiger partial charge >= 0.3 is 0 Å². The lowest BCUT2D eigenvalue weighted by molar-refractivity contribution is 0.329. The van der Waals surface area contributed by atoms with Gasteiger partial charge in [-0.05, 0) is 61.9 Å². The average molecular weight is 284 g/mol. The van der Waals surface area contributed by atoms with Gasteiger partial charge in [-0.2, -0.15) is 0 Å². The molecular weight excluding hydrogens is 266 g/mol. The maximum atomic E-state index is 9.43. The minimum Gasteiger partial charge on any atom is -0.508 e. The van der Waals surface area contributed by atoms with Crippen LogP contribution in [0.1, 0.15) is 30.4 Å². The number of hydrogen-bond donors (Lipinski definition) is 2. The summed E-state index contributed by atoms with van der Waals surface area (Å²) < 4.78 is 0. The molecule has 1 spiro atoms. The molecule has 3 rings (SSSR count). The zero-order valence-corrected chi connectivity index (χ0v) is 11.0. The summed E-state index contributed by atoms with van der Waals surface area (Å²) in [6, 6.07) is 5.83. The number of hydrogen-bond acceptors (Lipinski definition) is 2. The third kappa shape index (κ3) is 1.98. The van der Waals surface area contributed by atoms with Gasteiger partial charge in [0.15, 0.2) is 0 Å². The van der Waals surface area contributed by atoms with Gasteiger partial charge < -0.3 is 10.4 Å². The van der Waals surface area contributed by atoms with Crippen LogP contribution >= 0.6 is 17.0 Å². The number of aromatic hydroxyl groups is 1. The van der Waals surface area contributed by atoms with E-state index in [9.17, 15) is 5.11 Å². The number of phenolic OH excluding ortho intramolecular Hbond substituents is 1. The minimum atomic E-state index is 0. The molecule has 1 fully saturated rings. The molecule has 1 aromatic rings. The summed E-state index contributed by atoms with van der Waals surface area (Å²) in [7, 11) is 0. The molecule has 0 radical (unpaired) electrons. The van der Waals surface area contributed by atoms with E-state index in [-0.39, 0.29) is 17.0 Å². The SMILES string of the molecule is Br.Oc1ccc2c(c1)CCC1(CCCN1)C2. The summed E-state index contributed by atoms with van der Waals surface area (Å²) in [5.41, 5.74) is 3.15. The van der Waals surface area contributed by atoms with Crippen molar-refractivity contribution in [2.75, 3.05) is 6.54 Å². The number of rotatable bonds is 0. The zero-order chi connectivity index (χ0) is 10.3. The molecule has 2 aliphatic rings. The lowest BCUT2D eigenvalue weighted by atomic mass is 9.77. The molecule has 2 N–H and O–H groups in total. The lowest BCUT2D eigenvalue weighted by Gasteiger charge is -2.35. The van der Waals surface area contributed by atoms with E-state index in [2.05, 4.69) is 11.4 Å². The Labute approximate surface area is 107 Å². The van der Waals surface area contributed by atoms with Gasteiger partial charge in [-0.1, -0.05) is 6.07 Å². The predicted octanol–water partition coefficient (Wildman–Crippen LogP) is 2.58. The van der Waals surface area contributed by atoms with Gasteiger partial charge in [-0.15, -0.1) is 17.0 Å². The van der Waals surface area contributed by atoms with Crippen molar-refractivity contribution in [1.82, 2.24) is 5.32 Å². The molecule has 1 aromatic carbocycles. The summed E-state index contributed by atoms with van der Waals surface area (Å²) in [4.78, 5) is 0. The Kier molecular flexibility index (Phi) is 3.27. The molecule has 1 saturated heterocycles. The first kappa shape index (κ1) is 11.9. The van der Waals surface area contributed by atoms with Gasteiger partial charge in [0.05, 0.1) is 0 Å². The molecule has 1 aliphatic heterocycles. The number of nitrogens with one attached hydrogen (secondary N) is 1. The van der Waals surface area contributed by atoms with Gasteiger partial charge in [0.2, 0.25) is 0 Å². The van der Waals surface area contributed by atoms with Crippen molar-refractivity contribution in [3.05, 3.63) is 29.3 Å². The Bertz CT molecular complexity index is 386. The van der Waals surface area contributed by atoms with Crippen molar-refractivity contribution in [2.24, 2.45) is 0 Å². The summed E-state index contributed by atoms with van der Waals surface area (Å²) in [6.45, 7) is 1.17. The van der Waals surface area contributed by atoms with Crippen molar-refractivity contribution in [3.8, 4) is 5.75 Å². The van der Waals surface area contributed by atoms with Crippen LogP contribution in [0.15, 0.2) is 18.2 Å². The Morgan fingerprint density at radius 1 is 1.19 bits per heavy atom. The Morgan fingerprint density at radius 2 is 2.06 bits per heavy atom. The molecule has 0 aromatic heterocycles. The van der Waals surface area contributed by atoms with Crippen molar-refractivity contribution >= 4 is 17.0 Å². The van der Waals surface area contributed by atoms with E-state index in [1.54, 1.807) is 0 Å². The number of phenols is 1. The fraction of sp³-hybridized carbons (Fsp3) is 0.538. The van der Waals surface area contributed by atoms with E-state index in [0.29, 0.717) is 11.3 Å². The number of benzene rings is 1. The van der Waals surface area contributed by atoms with Gasteiger partial charge in [0, 0.05) is 5.54 Å². The number of fused-ring (bicyclic) bond motifs is 1. The Hall–Kier alpha value is -0.540. The largest absolute Gasteiger partial charge is 0.508 e. The molecule has 16 heavy (non-hydrogen) atoms. The van der Waals surface area contributed by atoms with E-state index in [4.69, 9.17) is 0 Å². The van der Waals surface area contributed by atoms with Crippen LogP contribution in [0.2, 0.25) is 0 Å². The molecule has 1 atom stereocenters. The van der Waals surface area contributed by atoms with E-state index in [1.165, 1.54) is 36.9 Å². The molecule has 0 bridgehead atoms. The van der Waals surface area contributed by atoms with Crippen LogP contribution in [0.3, 0.4) is 0 Å². The minimum absolute atomic E-state index is 0. The quantitative estimate of drug-likeness (QED) is 0.767. The van der Waals surface area contributed by atoms with Crippen LogP contribution in [0, 0.1) is 0 Å². The first-order chi connectivity index (χ1) is 7.27. The number of aryl methyl sites for hydroxylation is 1. The second-order valence-corrected chi connectivity index (χ2v) is 4.94. The van der Waals surface area contributed by atoms with E-state index in [1.807, 2.05) is 12.1 Å². The van der Waals surface area contributed by atoms with Gasteiger partial charge in [0.25, 0.3) is 0 Å². The molecular formula is C13H18BrNO. The zero-order valence-electron chi connectivity index (χ0n) is 9.33. The summed E-state index contributed by atoms with van der Waals surface area (Å²) in [5, 5.41) is 13.1.